The summed E-state index contributed by atoms with van der Waals surface area (Å²) in [6.07, 6.45) is 6.01. The second kappa shape index (κ2) is 6.38. The number of aryl methyl sites for hydroxylation is 1. The second-order valence-corrected chi connectivity index (χ2v) is 6.48. The van der Waals surface area contributed by atoms with Gasteiger partial charge in [-0.3, -0.25) is 14.4 Å². The van der Waals surface area contributed by atoms with Crippen molar-refractivity contribution in [1.82, 2.24) is 19.6 Å². The number of hydrogen-bond acceptors (Lipinski definition) is 4. The molecular weight excluding hydrogens is 280 g/mol. The molecule has 2 saturated heterocycles. The second-order valence-electron chi connectivity index (χ2n) is 6.48. The summed E-state index contributed by atoms with van der Waals surface area (Å²) in [4.78, 5) is 17.1. The predicted octanol–water partition coefficient (Wildman–Crippen LogP) is 0.974. The molecule has 0 aromatic carbocycles. The van der Waals surface area contributed by atoms with Crippen LogP contribution in [0.25, 0.3) is 0 Å². The molecule has 1 aromatic heterocycles. The molecule has 3 rings (SSSR count). The van der Waals surface area contributed by atoms with Crippen LogP contribution in [0.15, 0.2) is 12.4 Å². The van der Waals surface area contributed by atoms with Crippen LogP contribution in [0.3, 0.4) is 0 Å². The molecule has 122 valence electrons. The third-order valence-electron chi connectivity index (χ3n) is 5.02. The third-order valence-corrected chi connectivity index (χ3v) is 5.02. The minimum atomic E-state index is -0.144. The van der Waals surface area contributed by atoms with Gasteiger partial charge in [0.1, 0.15) is 0 Å². The Kier molecular flexibility index (Phi) is 4.49. The van der Waals surface area contributed by atoms with E-state index in [1.165, 1.54) is 5.56 Å². The van der Waals surface area contributed by atoms with Gasteiger partial charge < -0.3 is 9.64 Å². The molecule has 1 aromatic rings. The first kappa shape index (κ1) is 15.5. The van der Waals surface area contributed by atoms with Gasteiger partial charge in [-0.15, -0.1) is 0 Å². The van der Waals surface area contributed by atoms with Crippen molar-refractivity contribution in [2.75, 3.05) is 39.9 Å². The van der Waals surface area contributed by atoms with Crippen molar-refractivity contribution in [2.45, 2.75) is 32.9 Å². The van der Waals surface area contributed by atoms with Crippen LogP contribution in [0.4, 0.5) is 0 Å². The van der Waals surface area contributed by atoms with Crippen molar-refractivity contribution in [3.63, 3.8) is 0 Å². The molecule has 0 saturated carbocycles. The first-order valence-electron chi connectivity index (χ1n) is 8.19. The summed E-state index contributed by atoms with van der Waals surface area (Å²) in [5.41, 5.74) is 1.09. The Labute approximate surface area is 132 Å². The lowest BCUT2D eigenvalue weighted by Gasteiger charge is -2.23. The van der Waals surface area contributed by atoms with E-state index in [4.69, 9.17) is 4.74 Å². The van der Waals surface area contributed by atoms with Crippen LogP contribution in [-0.2, 0) is 22.6 Å². The lowest BCUT2D eigenvalue weighted by Crippen LogP contribution is -2.38. The average Bonchev–Trinajstić information content (AvgIpc) is 3.21. The number of methoxy groups -OCH3 is 1. The Bertz CT molecular complexity index is 530. The topological polar surface area (TPSA) is 50.6 Å². The Morgan fingerprint density at radius 1 is 1.36 bits per heavy atom. The highest BCUT2D eigenvalue weighted by Crippen LogP contribution is 2.40. The molecule has 1 atom stereocenters. The van der Waals surface area contributed by atoms with E-state index in [1.54, 1.807) is 7.11 Å². The summed E-state index contributed by atoms with van der Waals surface area (Å²) in [7, 11) is 1.68. The van der Waals surface area contributed by atoms with E-state index < -0.39 is 0 Å². The fourth-order valence-corrected chi connectivity index (χ4v) is 3.70. The van der Waals surface area contributed by atoms with E-state index in [0.717, 1.165) is 52.1 Å². The molecule has 2 fully saturated rings. The van der Waals surface area contributed by atoms with Gasteiger partial charge in [-0.05, 0) is 26.3 Å². The molecule has 6 nitrogen and oxygen atoms in total. The quantitative estimate of drug-likeness (QED) is 0.786. The summed E-state index contributed by atoms with van der Waals surface area (Å²) in [5, 5.41) is 4.33. The fraction of sp³-hybridized carbons (Fsp3) is 0.750. The summed E-state index contributed by atoms with van der Waals surface area (Å²) in [6.45, 7) is 8.00. The van der Waals surface area contributed by atoms with Gasteiger partial charge in [-0.2, -0.15) is 5.10 Å². The number of nitrogens with zero attached hydrogens (tertiary/aromatic N) is 4. The number of aromatic nitrogens is 2. The summed E-state index contributed by atoms with van der Waals surface area (Å²) in [6, 6.07) is 0. The van der Waals surface area contributed by atoms with E-state index in [2.05, 4.69) is 23.1 Å². The van der Waals surface area contributed by atoms with Gasteiger partial charge in [-0.25, -0.2) is 0 Å². The molecule has 6 heteroatoms. The van der Waals surface area contributed by atoms with Crippen LogP contribution in [-0.4, -0.2) is 65.4 Å². The van der Waals surface area contributed by atoms with Crippen molar-refractivity contribution in [3.05, 3.63) is 18.0 Å². The number of hydrogen-bond donors (Lipinski definition) is 0. The fourth-order valence-electron chi connectivity index (χ4n) is 3.70. The first-order chi connectivity index (χ1) is 10.7. The maximum absolute atomic E-state index is 12.7. The van der Waals surface area contributed by atoms with Crippen LogP contribution in [0.5, 0.6) is 0 Å². The van der Waals surface area contributed by atoms with E-state index in [-0.39, 0.29) is 5.41 Å². The number of ether oxygens (including phenoxy) is 1. The van der Waals surface area contributed by atoms with Crippen LogP contribution in [0, 0.1) is 5.41 Å². The molecule has 1 unspecified atom stereocenters. The van der Waals surface area contributed by atoms with Crippen molar-refractivity contribution in [2.24, 2.45) is 5.41 Å². The maximum Gasteiger partial charge on any atom is 0.230 e. The minimum Gasteiger partial charge on any atom is -0.383 e. The normalized spacial score (nSPS) is 25.7. The minimum absolute atomic E-state index is 0.144. The third kappa shape index (κ3) is 2.90. The number of likely N-dealkylation sites (tertiary alicyclic amines) is 2. The molecule has 2 aliphatic rings. The summed E-state index contributed by atoms with van der Waals surface area (Å²) < 4.78 is 7.06. The monoisotopic (exact) mass is 306 g/mol. The molecule has 0 N–H and O–H groups in total. The Morgan fingerprint density at radius 2 is 2.18 bits per heavy atom. The first-order valence-corrected chi connectivity index (χ1v) is 8.19. The maximum atomic E-state index is 12.7. The predicted molar refractivity (Wildman–Crippen MR) is 83.3 cm³/mol. The summed E-state index contributed by atoms with van der Waals surface area (Å²) >= 11 is 0. The Hall–Kier alpha value is -1.40. The average molecular weight is 306 g/mol. The van der Waals surface area contributed by atoms with Gasteiger partial charge in [0, 0.05) is 51.6 Å². The van der Waals surface area contributed by atoms with Gasteiger partial charge in [0.2, 0.25) is 5.91 Å². The highest BCUT2D eigenvalue weighted by atomic mass is 16.5. The summed E-state index contributed by atoms with van der Waals surface area (Å²) in [5.74, 6) is 0.330. The van der Waals surface area contributed by atoms with Crippen molar-refractivity contribution >= 4 is 5.91 Å². The molecular formula is C16H26N4O2. The highest BCUT2D eigenvalue weighted by molar-refractivity contribution is 5.85. The Morgan fingerprint density at radius 3 is 2.91 bits per heavy atom. The zero-order valence-corrected chi connectivity index (χ0v) is 13.6. The van der Waals surface area contributed by atoms with Gasteiger partial charge >= 0.3 is 0 Å². The van der Waals surface area contributed by atoms with Gasteiger partial charge in [0.15, 0.2) is 0 Å². The van der Waals surface area contributed by atoms with Crippen LogP contribution in [0.2, 0.25) is 0 Å². The van der Waals surface area contributed by atoms with E-state index in [1.807, 2.05) is 15.8 Å². The van der Waals surface area contributed by atoms with Crippen molar-refractivity contribution < 1.29 is 9.53 Å². The van der Waals surface area contributed by atoms with Gasteiger partial charge in [-0.1, -0.05) is 0 Å². The molecule has 22 heavy (non-hydrogen) atoms. The highest BCUT2D eigenvalue weighted by Gasteiger charge is 2.50. The number of amides is 1. The molecule has 3 heterocycles. The van der Waals surface area contributed by atoms with Crippen LogP contribution >= 0.6 is 0 Å². The lowest BCUT2D eigenvalue weighted by molar-refractivity contribution is -0.136. The van der Waals surface area contributed by atoms with Crippen molar-refractivity contribution in [1.29, 1.82) is 0 Å². The van der Waals surface area contributed by atoms with Crippen LogP contribution in [0.1, 0.15) is 25.3 Å². The van der Waals surface area contributed by atoms with E-state index in [0.29, 0.717) is 12.5 Å². The molecule has 0 bridgehead atoms. The van der Waals surface area contributed by atoms with E-state index in [9.17, 15) is 4.79 Å². The molecule has 0 aliphatic carbocycles. The van der Waals surface area contributed by atoms with Crippen molar-refractivity contribution in [3.8, 4) is 0 Å². The van der Waals surface area contributed by atoms with Gasteiger partial charge in [0.25, 0.3) is 0 Å². The van der Waals surface area contributed by atoms with E-state index >= 15 is 0 Å². The standard InChI is InChI=1S/C16H26N4O2/c1-3-20-12-14(10-17-20)11-18-6-4-16(13-18)5-7-19(15(16)21)8-9-22-2/h10,12H,3-9,11,13H2,1-2H3. The largest absolute Gasteiger partial charge is 0.383 e. The molecule has 0 radical (unpaired) electrons. The number of carbonyl (C=O) groups excluding carboxylic acids is 1. The molecule has 2 aliphatic heterocycles. The lowest BCUT2D eigenvalue weighted by atomic mass is 9.85. The van der Waals surface area contributed by atoms with Crippen LogP contribution < -0.4 is 0 Å². The zero-order valence-electron chi connectivity index (χ0n) is 13.6. The zero-order chi connectivity index (χ0) is 15.6. The Balaban J connectivity index is 1.58. The smallest absolute Gasteiger partial charge is 0.230 e. The number of rotatable bonds is 6. The number of carbonyl (C=O) groups is 1. The molecule has 1 spiro atoms. The van der Waals surface area contributed by atoms with Gasteiger partial charge in [0.05, 0.1) is 18.2 Å². The SMILES string of the molecule is CCn1cc(CN2CCC3(CCN(CCOC)C3=O)C2)cn1. The molecule has 1 amide bonds.